The number of hydrogen-bond acceptors (Lipinski definition) is 4. The molecule has 0 saturated carbocycles. The van der Waals surface area contributed by atoms with E-state index in [2.05, 4.69) is 0 Å². The molecule has 3 nitrogen and oxygen atoms in total. The Hall–Kier alpha value is -0.640. The molecule has 0 aromatic rings. The van der Waals surface area contributed by atoms with Crippen molar-refractivity contribution >= 4 is 17.7 Å². The number of rotatable bonds is 1. The van der Waals surface area contributed by atoms with E-state index in [-0.39, 0.29) is 5.97 Å². The van der Waals surface area contributed by atoms with E-state index in [1.807, 2.05) is 12.3 Å². The Balaban J connectivity index is 2.43. The van der Waals surface area contributed by atoms with E-state index in [4.69, 9.17) is 4.84 Å². The van der Waals surface area contributed by atoms with Gasteiger partial charge < -0.3 is 4.84 Å². The molecule has 1 aliphatic rings. The summed E-state index contributed by atoms with van der Waals surface area (Å²) >= 11 is 1.62. The molecule has 0 saturated heterocycles. The molecule has 0 fully saturated rings. The lowest BCUT2D eigenvalue weighted by atomic mass is 10.6. The summed E-state index contributed by atoms with van der Waals surface area (Å²) < 4.78 is 0. The Morgan fingerprint density at radius 3 is 3.00 bits per heavy atom. The van der Waals surface area contributed by atoms with Crippen LogP contribution >= 0.6 is 11.8 Å². The highest BCUT2D eigenvalue weighted by molar-refractivity contribution is 8.02. The highest BCUT2D eigenvalue weighted by atomic mass is 32.2. The molecule has 4 heteroatoms. The lowest BCUT2D eigenvalue weighted by molar-refractivity contribution is -0.173. The topological polar surface area (TPSA) is 29.5 Å². The van der Waals surface area contributed by atoms with Crippen molar-refractivity contribution < 1.29 is 9.63 Å². The summed E-state index contributed by atoms with van der Waals surface area (Å²) in [6, 6.07) is 0. The van der Waals surface area contributed by atoms with Crippen molar-refractivity contribution in [1.29, 1.82) is 0 Å². The molecule has 1 aliphatic heterocycles. The number of thioether (sulfide) groups is 1. The minimum Gasteiger partial charge on any atom is -0.341 e. The molecular formula is C6H9NO2S. The number of nitrogens with zero attached hydrogens (tertiary/aromatic N) is 1. The Labute approximate surface area is 64.0 Å². The fourth-order valence-corrected chi connectivity index (χ4v) is 1.46. The van der Waals surface area contributed by atoms with Gasteiger partial charge in [0, 0.05) is 6.92 Å². The summed E-state index contributed by atoms with van der Waals surface area (Å²) in [5.74, 6) is 0.445. The fraction of sp³-hybridized carbons (Fsp3) is 0.500. The smallest absolute Gasteiger partial charge is 0.329 e. The SMILES string of the molecule is CC(=O)ON1CSC=C1C. The monoisotopic (exact) mass is 159 g/mol. The fourth-order valence-electron chi connectivity index (χ4n) is 0.640. The number of hydrogen-bond donors (Lipinski definition) is 0. The predicted octanol–water partition coefficient (Wildman–Crippen LogP) is 1.33. The van der Waals surface area contributed by atoms with Crippen LogP contribution in [-0.2, 0) is 9.63 Å². The molecule has 0 aromatic heterocycles. The van der Waals surface area contributed by atoms with Crippen LogP contribution in [-0.4, -0.2) is 16.9 Å². The first-order valence-corrected chi connectivity index (χ1v) is 3.99. The van der Waals surface area contributed by atoms with Crippen molar-refractivity contribution in [2.45, 2.75) is 13.8 Å². The van der Waals surface area contributed by atoms with Crippen LogP contribution < -0.4 is 0 Å². The molecule has 0 bridgehead atoms. The van der Waals surface area contributed by atoms with Crippen LogP contribution in [0.15, 0.2) is 11.1 Å². The van der Waals surface area contributed by atoms with Crippen LogP contribution in [0.1, 0.15) is 13.8 Å². The summed E-state index contributed by atoms with van der Waals surface area (Å²) in [6.07, 6.45) is 0. The van der Waals surface area contributed by atoms with Gasteiger partial charge in [0.2, 0.25) is 0 Å². The zero-order valence-electron chi connectivity index (χ0n) is 5.96. The zero-order chi connectivity index (χ0) is 7.56. The quantitative estimate of drug-likeness (QED) is 0.577. The third-order valence-corrected chi connectivity index (χ3v) is 1.97. The van der Waals surface area contributed by atoms with Gasteiger partial charge in [0.25, 0.3) is 0 Å². The molecule has 1 heterocycles. The zero-order valence-corrected chi connectivity index (χ0v) is 6.77. The largest absolute Gasteiger partial charge is 0.341 e. The number of hydroxylamine groups is 2. The van der Waals surface area contributed by atoms with Gasteiger partial charge in [-0.15, -0.1) is 11.8 Å². The Morgan fingerprint density at radius 1 is 1.90 bits per heavy atom. The second-order valence-corrected chi connectivity index (χ2v) is 2.84. The first-order chi connectivity index (χ1) is 4.70. The molecular weight excluding hydrogens is 150 g/mol. The van der Waals surface area contributed by atoms with Gasteiger partial charge in [0.1, 0.15) is 5.88 Å². The van der Waals surface area contributed by atoms with Gasteiger partial charge in [-0.1, -0.05) is 0 Å². The third kappa shape index (κ3) is 1.67. The van der Waals surface area contributed by atoms with Crippen LogP contribution in [0.2, 0.25) is 0 Å². The van der Waals surface area contributed by atoms with E-state index in [9.17, 15) is 4.79 Å². The van der Waals surface area contributed by atoms with Gasteiger partial charge in [-0.25, -0.2) is 5.06 Å². The first kappa shape index (κ1) is 7.47. The van der Waals surface area contributed by atoms with E-state index in [0.717, 1.165) is 5.70 Å². The maximum absolute atomic E-state index is 10.4. The number of carbonyl (C=O) groups is 1. The first-order valence-electron chi connectivity index (χ1n) is 2.94. The molecule has 0 radical (unpaired) electrons. The molecule has 0 amide bonds. The van der Waals surface area contributed by atoms with Gasteiger partial charge in [-0.3, -0.25) is 4.79 Å². The van der Waals surface area contributed by atoms with Crippen LogP contribution in [0, 0.1) is 0 Å². The maximum atomic E-state index is 10.4. The molecule has 0 spiro atoms. The summed E-state index contributed by atoms with van der Waals surface area (Å²) in [7, 11) is 0. The molecule has 0 unspecified atom stereocenters. The summed E-state index contributed by atoms with van der Waals surface area (Å²) in [6.45, 7) is 3.30. The van der Waals surface area contributed by atoms with E-state index < -0.39 is 0 Å². The lowest BCUT2D eigenvalue weighted by Crippen LogP contribution is -2.20. The van der Waals surface area contributed by atoms with Crippen molar-refractivity contribution in [3.63, 3.8) is 0 Å². The Morgan fingerprint density at radius 2 is 2.60 bits per heavy atom. The molecule has 0 aliphatic carbocycles. The van der Waals surface area contributed by atoms with Crippen LogP contribution in [0.5, 0.6) is 0 Å². The second-order valence-electron chi connectivity index (χ2n) is 2.02. The average molecular weight is 159 g/mol. The molecule has 0 aromatic carbocycles. The van der Waals surface area contributed by atoms with E-state index in [0.29, 0.717) is 5.88 Å². The normalized spacial score (nSPS) is 17.0. The van der Waals surface area contributed by atoms with Gasteiger partial charge in [-0.2, -0.15) is 0 Å². The summed E-state index contributed by atoms with van der Waals surface area (Å²) in [5.41, 5.74) is 0.986. The molecule has 0 N–H and O–H groups in total. The minimum atomic E-state index is -0.268. The van der Waals surface area contributed by atoms with Crippen molar-refractivity contribution in [1.82, 2.24) is 5.06 Å². The van der Waals surface area contributed by atoms with E-state index in [1.54, 1.807) is 16.8 Å². The minimum absolute atomic E-state index is 0.268. The van der Waals surface area contributed by atoms with Gasteiger partial charge in [0.05, 0.1) is 5.70 Å². The summed E-state index contributed by atoms with van der Waals surface area (Å²) in [5, 5.41) is 3.54. The van der Waals surface area contributed by atoms with Crippen LogP contribution in [0.4, 0.5) is 0 Å². The van der Waals surface area contributed by atoms with Crippen molar-refractivity contribution in [2.24, 2.45) is 0 Å². The van der Waals surface area contributed by atoms with Gasteiger partial charge in [0.15, 0.2) is 0 Å². The number of carbonyl (C=O) groups excluding carboxylic acids is 1. The van der Waals surface area contributed by atoms with Gasteiger partial charge >= 0.3 is 5.97 Å². The maximum Gasteiger partial charge on any atom is 0.329 e. The van der Waals surface area contributed by atoms with E-state index >= 15 is 0 Å². The highest BCUT2D eigenvalue weighted by Crippen LogP contribution is 2.22. The predicted molar refractivity (Wildman–Crippen MR) is 39.8 cm³/mol. The molecule has 1 rings (SSSR count). The number of allylic oxidation sites excluding steroid dienone is 1. The highest BCUT2D eigenvalue weighted by Gasteiger charge is 2.13. The van der Waals surface area contributed by atoms with Crippen molar-refractivity contribution in [3.8, 4) is 0 Å². The third-order valence-electron chi connectivity index (χ3n) is 1.08. The average Bonchev–Trinajstić information content (AvgIpc) is 2.15. The van der Waals surface area contributed by atoms with Crippen LogP contribution in [0.25, 0.3) is 0 Å². The Kier molecular flexibility index (Phi) is 2.21. The lowest BCUT2D eigenvalue weighted by Gasteiger charge is -2.15. The Bertz CT molecular complexity index is 179. The second kappa shape index (κ2) is 2.96. The molecule has 10 heavy (non-hydrogen) atoms. The van der Waals surface area contributed by atoms with Crippen LogP contribution in [0.3, 0.4) is 0 Å². The van der Waals surface area contributed by atoms with Crippen molar-refractivity contribution in [3.05, 3.63) is 11.1 Å². The molecule has 56 valence electrons. The molecule has 0 atom stereocenters. The summed E-state index contributed by atoms with van der Waals surface area (Å²) in [4.78, 5) is 15.3. The van der Waals surface area contributed by atoms with E-state index in [1.165, 1.54) is 6.92 Å². The van der Waals surface area contributed by atoms with Crippen molar-refractivity contribution in [2.75, 3.05) is 5.88 Å². The van der Waals surface area contributed by atoms with Gasteiger partial charge in [-0.05, 0) is 12.3 Å². The standard InChI is InChI=1S/C6H9NO2S/c1-5-3-10-4-7(5)9-6(2)8/h3H,4H2,1-2H3.